The second-order valence-corrected chi connectivity index (χ2v) is 10.9. The summed E-state index contributed by atoms with van der Waals surface area (Å²) in [6.07, 6.45) is 5.45. The van der Waals surface area contributed by atoms with Crippen LogP contribution in [0.5, 0.6) is 0 Å². The second kappa shape index (κ2) is 7.07. The zero-order valence-corrected chi connectivity index (χ0v) is 11.6. The van der Waals surface area contributed by atoms with Gasteiger partial charge in [0.1, 0.15) is 5.73 Å². The first kappa shape index (κ1) is 14.7. The van der Waals surface area contributed by atoms with Crippen molar-refractivity contribution in [3.63, 3.8) is 0 Å². The lowest BCUT2D eigenvalue weighted by Gasteiger charge is -2.25. The Morgan fingerprint density at radius 1 is 1.53 bits per heavy atom. The van der Waals surface area contributed by atoms with Crippen molar-refractivity contribution in [3.8, 4) is 0 Å². The summed E-state index contributed by atoms with van der Waals surface area (Å²) >= 11 is 6.31. The van der Waals surface area contributed by atoms with E-state index in [-0.39, 0.29) is 11.7 Å². The molecule has 0 aliphatic rings. The van der Waals surface area contributed by atoms with Crippen LogP contribution in [0.15, 0.2) is 12.7 Å². The lowest BCUT2D eigenvalue weighted by atomic mass is 10.2. The number of hydrogen-bond donors (Lipinski definition) is 0. The van der Waals surface area contributed by atoms with Crippen molar-refractivity contribution in [2.45, 2.75) is 51.4 Å². The van der Waals surface area contributed by atoms with Gasteiger partial charge in [0, 0.05) is 6.08 Å². The van der Waals surface area contributed by atoms with Crippen molar-refractivity contribution in [1.29, 1.82) is 0 Å². The smallest absolute Gasteiger partial charge is 0.330 e. The number of carbonyl (C=O) groups is 1. The third-order valence-electron chi connectivity index (χ3n) is 2.26. The van der Waals surface area contributed by atoms with E-state index in [1.54, 1.807) is 0 Å². The number of halogens is 1. The Bertz CT molecular complexity index is 211. The van der Waals surface area contributed by atoms with Crippen molar-refractivity contribution in [1.82, 2.24) is 0 Å². The zero-order valence-electron chi connectivity index (χ0n) is 9.88. The summed E-state index contributed by atoms with van der Waals surface area (Å²) in [7, 11) is -1.93. The molecule has 0 aliphatic heterocycles. The highest BCUT2D eigenvalue weighted by molar-refractivity contribution is 7.19. The van der Waals surface area contributed by atoms with Crippen LogP contribution in [0.3, 0.4) is 0 Å². The number of ether oxygens (including phenoxy) is 1. The molecule has 0 saturated carbocycles. The molecule has 1 unspecified atom stereocenters. The monoisotopic (exact) mass is 248 g/mol. The predicted molar refractivity (Wildman–Crippen MR) is 67.6 cm³/mol. The van der Waals surface area contributed by atoms with Gasteiger partial charge in [-0.15, -0.1) is 0 Å². The molecule has 0 spiro atoms. The van der Waals surface area contributed by atoms with Crippen molar-refractivity contribution >= 4 is 24.4 Å². The van der Waals surface area contributed by atoms with Crippen LogP contribution in [0.4, 0.5) is 0 Å². The summed E-state index contributed by atoms with van der Waals surface area (Å²) in [6.45, 7) is 9.54. The zero-order chi connectivity index (χ0) is 11.9. The van der Waals surface area contributed by atoms with Crippen LogP contribution in [0.2, 0.25) is 13.1 Å². The number of unbranched alkanes of at least 4 members (excludes halogenated alkanes) is 2. The van der Waals surface area contributed by atoms with E-state index in [1.165, 1.54) is 6.08 Å². The van der Waals surface area contributed by atoms with Crippen LogP contribution in [-0.2, 0) is 9.53 Å². The molecule has 0 saturated heterocycles. The molecular formula is C11H21ClO2Si. The highest BCUT2D eigenvalue weighted by Crippen LogP contribution is 2.22. The molecule has 0 N–H and O–H groups in total. The topological polar surface area (TPSA) is 26.3 Å². The van der Waals surface area contributed by atoms with E-state index in [1.807, 2.05) is 13.1 Å². The summed E-state index contributed by atoms with van der Waals surface area (Å²) in [5.74, 6) is -0.363. The molecule has 0 rings (SSSR count). The maximum atomic E-state index is 11.1. The van der Waals surface area contributed by atoms with Crippen LogP contribution in [0, 0.1) is 0 Å². The molecule has 0 aromatic heterocycles. The van der Waals surface area contributed by atoms with E-state index in [2.05, 4.69) is 13.5 Å². The fourth-order valence-electron chi connectivity index (χ4n) is 1.31. The average Bonchev–Trinajstić information content (AvgIpc) is 2.14. The maximum absolute atomic E-state index is 11.1. The minimum absolute atomic E-state index is 0.101. The van der Waals surface area contributed by atoms with Gasteiger partial charge in [0.05, 0.1) is 0 Å². The van der Waals surface area contributed by atoms with Gasteiger partial charge in [0.25, 0.3) is 0 Å². The maximum Gasteiger partial charge on any atom is 0.330 e. The highest BCUT2D eigenvalue weighted by Gasteiger charge is 2.32. The van der Waals surface area contributed by atoms with E-state index in [9.17, 15) is 4.79 Å². The van der Waals surface area contributed by atoms with Gasteiger partial charge in [-0.3, -0.25) is 0 Å². The fourth-order valence-corrected chi connectivity index (χ4v) is 3.06. The molecule has 2 nitrogen and oxygen atoms in total. The summed E-state index contributed by atoms with van der Waals surface area (Å²) in [5.41, 5.74) is -0.101. The van der Waals surface area contributed by atoms with Crippen molar-refractivity contribution in [2.24, 2.45) is 0 Å². The molecule has 0 aromatic carbocycles. The van der Waals surface area contributed by atoms with Gasteiger partial charge >= 0.3 is 5.97 Å². The molecule has 88 valence electrons. The third-order valence-corrected chi connectivity index (χ3v) is 4.93. The van der Waals surface area contributed by atoms with Crippen LogP contribution in [0.1, 0.15) is 32.6 Å². The van der Waals surface area contributed by atoms with Crippen LogP contribution < -0.4 is 0 Å². The lowest BCUT2D eigenvalue weighted by molar-refractivity contribution is -0.140. The van der Waals surface area contributed by atoms with Crippen LogP contribution in [-0.4, -0.2) is 19.1 Å². The van der Waals surface area contributed by atoms with E-state index >= 15 is 0 Å². The van der Waals surface area contributed by atoms with Gasteiger partial charge in [-0.25, -0.2) is 4.79 Å². The summed E-state index contributed by atoms with van der Waals surface area (Å²) < 4.78 is 5.28. The SMILES string of the molecule is C=CC(=O)OC(CCCCC)[Si](C)(C)Cl. The highest BCUT2D eigenvalue weighted by atomic mass is 35.6. The van der Waals surface area contributed by atoms with Crippen LogP contribution >= 0.6 is 11.1 Å². The molecular weight excluding hydrogens is 228 g/mol. The Morgan fingerprint density at radius 3 is 2.53 bits per heavy atom. The molecule has 15 heavy (non-hydrogen) atoms. The van der Waals surface area contributed by atoms with Gasteiger partial charge < -0.3 is 4.74 Å². The molecule has 0 amide bonds. The average molecular weight is 249 g/mol. The largest absolute Gasteiger partial charge is 0.462 e. The van der Waals surface area contributed by atoms with E-state index in [4.69, 9.17) is 15.8 Å². The molecule has 0 fully saturated rings. The number of rotatable bonds is 7. The van der Waals surface area contributed by atoms with Crippen molar-refractivity contribution < 1.29 is 9.53 Å². The van der Waals surface area contributed by atoms with Gasteiger partial charge in [-0.1, -0.05) is 45.9 Å². The van der Waals surface area contributed by atoms with Gasteiger partial charge in [0.15, 0.2) is 7.38 Å². The first-order valence-electron chi connectivity index (χ1n) is 5.43. The minimum Gasteiger partial charge on any atom is -0.462 e. The normalized spacial score (nSPS) is 13.3. The minimum atomic E-state index is -1.93. The third kappa shape index (κ3) is 6.74. The van der Waals surface area contributed by atoms with Crippen LogP contribution in [0.25, 0.3) is 0 Å². The number of esters is 1. The Kier molecular flexibility index (Phi) is 6.93. The summed E-state index contributed by atoms with van der Waals surface area (Å²) in [6, 6.07) is 0. The van der Waals surface area contributed by atoms with Gasteiger partial charge in [-0.2, -0.15) is 11.1 Å². The number of carbonyl (C=O) groups excluding carboxylic acids is 1. The van der Waals surface area contributed by atoms with E-state index in [0.717, 1.165) is 25.7 Å². The standard InChI is InChI=1S/C11H21ClO2Si/c1-5-7-8-9-11(15(3,4)12)14-10(13)6-2/h6,11H,2,5,7-9H2,1,3-4H3. The first-order chi connectivity index (χ1) is 6.91. The Labute approximate surface area is 98.4 Å². The first-order valence-corrected chi connectivity index (χ1v) is 9.52. The fraction of sp³-hybridized carbons (Fsp3) is 0.727. The molecule has 1 atom stereocenters. The van der Waals surface area contributed by atoms with Crippen molar-refractivity contribution in [3.05, 3.63) is 12.7 Å². The lowest BCUT2D eigenvalue weighted by Crippen LogP contribution is -2.39. The molecule has 0 aliphatic carbocycles. The Balaban J connectivity index is 4.19. The Hall–Kier alpha value is -0.283. The molecule has 0 bridgehead atoms. The molecule has 0 radical (unpaired) electrons. The summed E-state index contributed by atoms with van der Waals surface area (Å²) in [5, 5.41) is 0. The van der Waals surface area contributed by atoms with E-state index < -0.39 is 7.38 Å². The number of hydrogen-bond acceptors (Lipinski definition) is 2. The van der Waals surface area contributed by atoms with Crippen molar-refractivity contribution in [2.75, 3.05) is 0 Å². The predicted octanol–water partition coefficient (Wildman–Crippen LogP) is 3.65. The Morgan fingerprint density at radius 2 is 2.13 bits per heavy atom. The molecule has 0 aromatic rings. The van der Waals surface area contributed by atoms with Gasteiger partial charge in [0.2, 0.25) is 0 Å². The van der Waals surface area contributed by atoms with Gasteiger partial charge in [-0.05, 0) is 6.42 Å². The quantitative estimate of drug-likeness (QED) is 0.226. The second-order valence-electron chi connectivity index (χ2n) is 4.19. The molecule has 0 heterocycles. The molecule has 4 heteroatoms. The summed E-state index contributed by atoms with van der Waals surface area (Å²) in [4.78, 5) is 11.1. The van der Waals surface area contributed by atoms with E-state index in [0.29, 0.717) is 0 Å².